The van der Waals surface area contributed by atoms with Crippen LogP contribution < -0.4 is 4.90 Å². The molecule has 0 radical (unpaired) electrons. The van der Waals surface area contributed by atoms with E-state index in [1.54, 1.807) is 29.7 Å². The van der Waals surface area contributed by atoms with Gasteiger partial charge in [0.1, 0.15) is 5.56 Å². The first-order chi connectivity index (χ1) is 9.97. The summed E-state index contributed by atoms with van der Waals surface area (Å²) in [5.41, 5.74) is 1.60. The van der Waals surface area contributed by atoms with Crippen molar-refractivity contribution in [3.05, 3.63) is 18.0 Å². The van der Waals surface area contributed by atoms with Gasteiger partial charge in [0, 0.05) is 26.3 Å². The number of carbonyl (C=O) groups is 1. The van der Waals surface area contributed by atoms with Gasteiger partial charge in [-0.25, -0.2) is 9.78 Å². The van der Waals surface area contributed by atoms with E-state index < -0.39 is 5.97 Å². The molecule has 1 N–H and O–H groups in total. The quantitative estimate of drug-likeness (QED) is 0.882. The molecular weight excluding hydrogens is 288 g/mol. The number of hydrogen-bond acceptors (Lipinski definition) is 5. The standard InChI is InChI=1S/C14H20N4O2S/c1-9(5-6-21-4)17(2)12-10-8-16-18(3)13(10)15-7-11(12)14(19)20/h7-9H,5-6H2,1-4H3,(H,19,20). The first-order valence-corrected chi connectivity index (χ1v) is 8.12. The molecule has 0 saturated heterocycles. The Balaban J connectivity index is 2.53. The molecule has 0 aromatic carbocycles. The summed E-state index contributed by atoms with van der Waals surface area (Å²) in [6.45, 7) is 2.10. The second-order valence-electron chi connectivity index (χ2n) is 5.07. The molecular formula is C14H20N4O2S. The van der Waals surface area contributed by atoms with Gasteiger partial charge in [0.15, 0.2) is 5.65 Å². The predicted octanol–water partition coefficient (Wildman–Crippen LogP) is 2.24. The van der Waals surface area contributed by atoms with Crippen molar-refractivity contribution in [2.45, 2.75) is 19.4 Å². The van der Waals surface area contributed by atoms with Crippen molar-refractivity contribution in [3.8, 4) is 0 Å². The van der Waals surface area contributed by atoms with Crippen LogP contribution in [0.15, 0.2) is 12.4 Å². The number of carboxylic acid groups (broad SMARTS) is 1. The Morgan fingerprint density at radius 1 is 1.52 bits per heavy atom. The van der Waals surface area contributed by atoms with Crippen molar-refractivity contribution >= 4 is 34.5 Å². The van der Waals surface area contributed by atoms with Crippen molar-refractivity contribution in [2.75, 3.05) is 24.0 Å². The molecule has 114 valence electrons. The van der Waals surface area contributed by atoms with Gasteiger partial charge in [-0.1, -0.05) is 0 Å². The van der Waals surface area contributed by atoms with Crippen molar-refractivity contribution in [2.24, 2.45) is 7.05 Å². The molecule has 0 fully saturated rings. The van der Waals surface area contributed by atoms with E-state index in [4.69, 9.17) is 0 Å². The summed E-state index contributed by atoms with van der Waals surface area (Å²) < 4.78 is 1.66. The number of anilines is 1. The third kappa shape index (κ3) is 2.97. The Bertz CT molecular complexity index is 656. The van der Waals surface area contributed by atoms with Crippen LogP contribution >= 0.6 is 11.8 Å². The number of aryl methyl sites for hydroxylation is 1. The van der Waals surface area contributed by atoms with Crippen LogP contribution in [0.4, 0.5) is 5.69 Å². The molecule has 1 atom stereocenters. The van der Waals surface area contributed by atoms with E-state index in [2.05, 4.69) is 23.3 Å². The molecule has 1 unspecified atom stereocenters. The monoisotopic (exact) mass is 308 g/mol. The molecule has 0 saturated carbocycles. The zero-order valence-electron chi connectivity index (χ0n) is 12.7. The molecule has 2 aromatic rings. The zero-order valence-corrected chi connectivity index (χ0v) is 13.5. The van der Waals surface area contributed by atoms with Crippen LogP contribution in [-0.4, -0.2) is 50.9 Å². The average Bonchev–Trinajstić information content (AvgIpc) is 2.84. The minimum Gasteiger partial charge on any atom is -0.478 e. The van der Waals surface area contributed by atoms with Crippen molar-refractivity contribution in [1.29, 1.82) is 0 Å². The Morgan fingerprint density at radius 3 is 2.86 bits per heavy atom. The maximum Gasteiger partial charge on any atom is 0.339 e. The third-order valence-corrected chi connectivity index (χ3v) is 4.36. The van der Waals surface area contributed by atoms with Crippen LogP contribution in [0.5, 0.6) is 0 Å². The number of nitrogens with zero attached hydrogens (tertiary/aromatic N) is 4. The molecule has 0 bridgehead atoms. The van der Waals surface area contributed by atoms with Gasteiger partial charge in [0.2, 0.25) is 0 Å². The SMILES string of the molecule is CSCCC(C)N(C)c1c(C(=O)O)cnc2c1cnn2C. The molecule has 0 aliphatic heterocycles. The second-order valence-corrected chi connectivity index (χ2v) is 6.06. The number of rotatable bonds is 6. The van der Waals surface area contributed by atoms with Crippen molar-refractivity contribution in [1.82, 2.24) is 14.8 Å². The number of carboxylic acids is 1. The average molecular weight is 308 g/mol. The Kier molecular flexibility index (Phi) is 4.72. The Labute approximate surface area is 128 Å². The summed E-state index contributed by atoms with van der Waals surface area (Å²) >= 11 is 1.79. The van der Waals surface area contributed by atoms with Gasteiger partial charge < -0.3 is 10.0 Å². The van der Waals surface area contributed by atoms with Gasteiger partial charge in [-0.2, -0.15) is 16.9 Å². The van der Waals surface area contributed by atoms with Gasteiger partial charge in [-0.3, -0.25) is 4.68 Å². The minimum absolute atomic E-state index is 0.217. The van der Waals surface area contributed by atoms with E-state index in [0.29, 0.717) is 11.3 Å². The zero-order chi connectivity index (χ0) is 15.6. The van der Waals surface area contributed by atoms with E-state index in [-0.39, 0.29) is 11.6 Å². The maximum atomic E-state index is 11.5. The van der Waals surface area contributed by atoms with Gasteiger partial charge in [-0.05, 0) is 25.4 Å². The summed E-state index contributed by atoms with van der Waals surface area (Å²) in [6.07, 6.45) is 6.16. The number of aromatic carboxylic acids is 1. The minimum atomic E-state index is -0.966. The molecule has 2 heterocycles. The fraction of sp³-hybridized carbons (Fsp3) is 0.500. The molecule has 7 heteroatoms. The molecule has 0 spiro atoms. The van der Waals surface area contributed by atoms with Gasteiger partial charge in [0.25, 0.3) is 0 Å². The van der Waals surface area contributed by atoms with E-state index in [0.717, 1.165) is 17.6 Å². The molecule has 0 amide bonds. The van der Waals surface area contributed by atoms with Gasteiger partial charge >= 0.3 is 5.97 Å². The molecule has 6 nitrogen and oxygen atoms in total. The first-order valence-electron chi connectivity index (χ1n) is 6.73. The highest BCUT2D eigenvalue weighted by Gasteiger charge is 2.22. The highest BCUT2D eigenvalue weighted by molar-refractivity contribution is 7.98. The van der Waals surface area contributed by atoms with Crippen molar-refractivity contribution in [3.63, 3.8) is 0 Å². The van der Waals surface area contributed by atoms with Crippen molar-refractivity contribution < 1.29 is 9.90 Å². The first kappa shape index (κ1) is 15.6. The summed E-state index contributed by atoms with van der Waals surface area (Å²) in [7, 11) is 3.73. The van der Waals surface area contributed by atoms with E-state index in [9.17, 15) is 9.90 Å². The number of pyridine rings is 1. The summed E-state index contributed by atoms with van der Waals surface area (Å²) in [5.74, 6) is 0.0713. The van der Waals surface area contributed by atoms with Gasteiger partial charge in [0.05, 0.1) is 17.3 Å². The number of hydrogen-bond donors (Lipinski definition) is 1. The topological polar surface area (TPSA) is 71.2 Å². The molecule has 2 aromatic heterocycles. The number of thioether (sulfide) groups is 1. The van der Waals surface area contributed by atoms with E-state index >= 15 is 0 Å². The van der Waals surface area contributed by atoms with Crippen LogP contribution in [0.25, 0.3) is 11.0 Å². The molecule has 0 aliphatic carbocycles. The smallest absolute Gasteiger partial charge is 0.339 e. The summed E-state index contributed by atoms with van der Waals surface area (Å²) in [6, 6.07) is 0.237. The van der Waals surface area contributed by atoms with Crippen LogP contribution in [0.3, 0.4) is 0 Å². The van der Waals surface area contributed by atoms with Crippen LogP contribution in [0.2, 0.25) is 0 Å². The number of aromatic nitrogens is 3. The van der Waals surface area contributed by atoms with Crippen LogP contribution in [-0.2, 0) is 7.05 Å². The summed E-state index contributed by atoms with van der Waals surface area (Å²) in [4.78, 5) is 17.7. The third-order valence-electron chi connectivity index (χ3n) is 3.72. The van der Waals surface area contributed by atoms with E-state index in [1.807, 2.05) is 11.9 Å². The largest absolute Gasteiger partial charge is 0.478 e. The molecule has 0 aliphatic rings. The molecule has 21 heavy (non-hydrogen) atoms. The fourth-order valence-corrected chi connectivity index (χ4v) is 2.90. The normalized spacial score (nSPS) is 12.6. The lowest BCUT2D eigenvalue weighted by molar-refractivity contribution is 0.0697. The lowest BCUT2D eigenvalue weighted by Gasteiger charge is -2.28. The van der Waals surface area contributed by atoms with Crippen LogP contribution in [0.1, 0.15) is 23.7 Å². The Morgan fingerprint density at radius 2 is 2.24 bits per heavy atom. The lowest BCUT2D eigenvalue weighted by Crippen LogP contribution is -2.31. The fourth-order valence-electron chi connectivity index (χ4n) is 2.32. The second kappa shape index (κ2) is 6.34. The van der Waals surface area contributed by atoms with Gasteiger partial charge in [-0.15, -0.1) is 0 Å². The summed E-state index contributed by atoms with van der Waals surface area (Å²) in [5, 5.41) is 14.4. The lowest BCUT2D eigenvalue weighted by atomic mass is 10.1. The van der Waals surface area contributed by atoms with Crippen LogP contribution in [0, 0.1) is 0 Å². The Hall–Kier alpha value is -1.76. The highest BCUT2D eigenvalue weighted by Crippen LogP contribution is 2.30. The molecule has 2 rings (SSSR count). The highest BCUT2D eigenvalue weighted by atomic mass is 32.2. The maximum absolute atomic E-state index is 11.5. The number of fused-ring (bicyclic) bond motifs is 1. The predicted molar refractivity (Wildman–Crippen MR) is 86.3 cm³/mol. The van der Waals surface area contributed by atoms with E-state index in [1.165, 1.54) is 6.20 Å².